The third kappa shape index (κ3) is 4.99. The number of piperazine rings is 1. The van der Waals surface area contributed by atoms with Crippen molar-refractivity contribution in [1.29, 1.82) is 0 Å². The average Bonchev–Trinajstić information content (AvgIpc) is 3.37. The van der Waals surface area contributed by atoms with Crippen LogP contribution >= 0.6 is 23.2 Å². The molecule has 5 rings (SSSR count). The molecule has 1 amide bonds. The predicted octanol–water partition coefficient (Wildman–Crippen LogP) is 5.95. The van der Waals surface area contributed by atoms with Gasteiger partial charge in [0.25, 0.3) is 5.91 Å². The first-order valence-electron chi connectivity index (χ1n) is 12.4. The van der Waals surface area contributed by atoms with Crippen molar-refractivity contribution < 1.29 is 14.3 Å². The first kappa shape index (κ1) is 26.2. The monoisotopic (exact) mass is 553 g/mol. The van der Waals surface area contributed by atoms with Crippen LogP contribution in [0.5, 0.6) is 11.5 Å². The minimum Gasteiger partial charge on any atom is -0.495 e. The molecule has 38 heavy (non-hydrogen) atoms. The Morgan fingerprint density at radius 1 is 0.974 bits per heavy atom. The van der Waals surface area contributed by atoms with Crippen LogP contribution in [0.3, 0.4) is 0 Å². The van der Waals surface area contributed by atoms with Crippen molar-refractivity contribution in [3.05, 3.63) is 64.3 Å². The summed E-state index contributed by atoms with van der Waals surface area (Å²) in [7, 11) is 3.06. The zero-order chi connectivity index (χ0) is 26.8. The maximum atomic E-state index is 13.1. The fourth-order valence-electron chi connectivity index (χ4n) is 4.76. The molecule has 0 aliphatic carbocycles. The van der Waals surface area contributed by atoms with Crippen molar-refractivity contribution in [3.8, 4) is 22.6 Å². The van der Waals surface area contributed by atoms with Crippen molar-refractivity contribution in [1.82, 2.24) is 15.1 Å². The first-order chi connectivity index (χ1) is 18.4. The quantitative estimate of drug-likeness (QED) is 0.294. The Morgan fingerprint density at radius 2 is 1.63 bits per heavy atom. The highest BCUT2D eigenvalue weighted by Gasteiger charge is 2.21. The van der Waals surface area contributed by atoms with E-state index in [1.807, 2.05) is 42.5 Å². The van der Waals surface area contributed by atoms with Crippen LogP contribution in [0.25, 0.3) is 22.0 Å². The summed E-state index contributed by atoms with van der Waals surface area (Å²) in [6.45, 7) is 7.40. The summed E-state index contributed by atoms with van der Waals surface area (Å²) < 4.78 is 10.8. The van der Waals surface area contributed by atoms with Gasteiger partial charge in [0, 0.05) is 54.6 Å². The number of aromatic amines is 1. The number of ether oxygens (including phenoxy) is 2. The SMILES string of the molecule is CCN1CCN(c2ccc(NC(=O)c3n[nH]c4cc(-c5c(Cl)c(OC)cc(OC)c5Cl)ccc34)cc2)CC1. The third-order valence-electron chi connectivity index (χ3n) is 6.95. The van der Waals surface area contributed by atoms with E-state index >= 15 is 0 Å². The Balaban J connectivity index is 1.35. The minimum atomic E-state index is -0.299. The minimum absolute atomic E-state index is 0.298. The van der Waals surface area contributed by atoms with E-state index in [0.29, 0.717) is 49.4 Å². The number of hydrogen-bond acceptors (Lipinski definition) is 6. The van der Waals surface area contributed by atoms with E-state index in [0.717, 1.165) is 44.0 Å². The van der Waals surface area contributed by atoms with Crippen molar-refractivity contribution in [2.45, 2.75) is 6.92 Å². The summed E-state index contributed by atoms with van der Waals surface area (Å²) in [5.74, 6) is 0.594. The summed E-state index contributed by atoms with van der Waals surface area (Å²) in [5, 5.41) is 11.6. The molecule has 198 valence electrons. The smallest absolute Gasteiger partial charge is 0.276 e. The summed E-state index contributed by atoms with van der Waals surface area (Å²) in [6.07, 6.45) is 0. The molecular formula is C28H29Cl2N5O3. The lowest BCUT2D eigenvalue weighted by molar-refractivity contribution is 0.102. The Labute approximate surface area is 231 Å². The zero-order valence-electron chi connectivity index (χ0n) is 21.5. The predicted molar refractivity (Wildman–Crippen MR) is 153 cm³/mol. The molecule has 2 heterocycles. The number of anilines is 2. The van der Waals surface area contributed by atoms with Crippen LogP contribution in [0.2, 0.25) is 10.0 Å². The molecule has 10 heteroatoms. The molecular weight excluding hydrogens is 525 g/mol. The lowest BCUT2D eigenvalue weighted by Gasteiger charge is -2.35. The number of halogens is 2. The number of likely N-dealkylation sites (N-methyl/N-ethyl adjacent to an activating group) is 1. The van der Waals surface area contributed by atoms with E-state index in [1.165, 1.54) is 14.2 Å². The number of rotatable bonds is 7. The van der Waals surface area contributed by atoms with Crippen molar-refractivity contribution in [2.75, 3.05) is 57.2 Å². The Kier molecular flexibility index (Phi) is 7.65. The van der Waals surface area contributed by atoms with Crippen LogP contribution in [0.4, 0.5) is 11.4 Å². The number of methoxy groups -OCH3 is 2. The van der Waals surface area contributed by atoms with E-state index in [-0.39, 0.29) is 5.91 Å². The van der Waals surface area contributed by atoms with E-state index in [2.05, 4.69) is 32.2 Å². The van der Waals surface area contributed by atoms with Gasteiger partial charge in [-0.1, -0.05) is 36.2 Å². The number of carbonyl (C=O) groups is 1. The van der Waals surface area contributed by atoms with Crippen LogP contribution in [-0.4, -0.2) is 67.9 Å². The van der Waals surface area contributed by atoms with Gasteiger partial charge in [-0.05, 0) is 48.5 Å². The summed E-state index contributed by atoms with van der Waals surface area (Å²) >= 11 is 13.2. The largest absolute Gasteiger partial charge is 0.495 e. The normalized spacial score (nSPS) is 14.1. The standard InChI is InChI=1S/C28H29Cl2N5O3/c1-4-34-11-13-35(14-12-34)19-8-6-18(7-9-19)31-28(36)27-20-10-5-17(15-21(20)32-33-27)24-25(29)22(37-2)16-23(38-3)26(24)30/h5-10,15-16H,4,11-14H2,1-3H3,(H,31,36)(H,32,33). The number of nitrogens with one attached hydrogen (secondary N) is 2. The molecule has 1 fully saturated rings. The molecule has 0 radical (unpaired) electrons. The van der Waals surface area contributed by atoms with Gasteiger partial charge in [0.2, 0.25) is 0 Å². The van der Waals surface area contributed by atoms with E-state index < -0.39 is 0 Å². The molecule has 3 aromatic carbocycles. The van der Waals surface area contributed by atoms with E-state index in [1.54, 1.807) is 6.07 Å². The number of fused-ring (bicyclic) bond motifs is 1. The second-order valence-electron chi connectivity index (χ2n) is 9.04. The van der Waals surface area contributed by atoms with Crippen LogP contribution in [0.15, 0.2) is 48.5 Å². The number of benzene rings is 3. The molecule has 0 bridgehead atoms. The van der Waals surface area contributed by atoms with Gasteiger partial charge in [0.15, 0.2) is 5.69 Å². The molecule has 1 aromatic heterocycles. The maximum absolute atomic E-state index is 13.1. The number of H-pyrrole nitrogens is 1. The summed E-state index contributed by atoms with van der Waals surface area (Å²) in [6, 6.07) is 15.1. The van der Waals surface area contributed by atoms with Gasteiger partial charge >= 0.3 is 0 Å². The van der Waals surface area contributed by atoms with Crippen LogP contribution < -0.4 is 19.7 Å². The van der Waals surface area contributed by atoms with E-state index in [9.17, 15) is 4.79 Å². The molecule has 1 saturated heterocycles. The molecule has 0 unspecified atom stereocenters. The van der Waals surface area contributed by atoms with Crippen LogP contribution in [0, 0.1) is 0 Å². The van der Waals surface area contributed by atoms with Crippen molar-refractivity contribution in [3.63, 3.8) is 0 Å². The second kappa shape index (κ2) is 11.1. The molecule has 0 atom stereocenters. The van der Waals surface area contributed by atoms with Gasteiger partial charge < -0.3 is 24.6 Å². The number of amides is 1. The average molecular weight is 554 g/mol. The Hall–Kier alpha value is -3.46. The first-order valence-corrected chi connectivity index (χ1v) is 13.2. The summed E-state index contributed by atoms with van der Waals surface area (Å²) in [5.41, 5.74) is 4.14. The molecule has 1 aliphatic heterocycles. The molecule has 0 spiro atoms. The lowest BCUT2D eigenvalue weighted by Crippen LogP contribution is -2.46. The van der Waals surface area contributed by atoms with Gasteiger partial charge in [0.05, 0.1) is 29.8 Å². The highest BCUT2D eigenvalue weighted by atomic mass is 35.5. The molecule has 1 aliphatic rings. The molecule has 8 nitrogen and oxygen atoms in total. The fraction of sp³-hybridized carbons (Fsp3) is 0.286. The second-order valence-corrected chi connectivity index (χ2v) is 9.79. The summed E-state index contributed by atoms with van der Waals surface area (Å²) in [4.78, 5) is 17.9. The van der Waals surface area contributed by atoms with Crippen molar-refractivity contribution in [2.24, 2.45) is 0 Å². The zero-order valence-corrected chi connectivity index (χ0v) is 23.0. The number of hydrogen-bond donors (Lipinski definition) is 2. The van der Waals surface area contributed by atoms with Crippen molar-refractivity contribution >= 4 is 51.4 Å². The van der Waals surface area contributed by atoms with Gasteiger partial charge in [-0.15, -0.1) is 0 Å². The highest BCUT2D eigenvalue weighted by Crippen LogP contribution is 2.46. The molecule has 0 saturated carbocycles. The van der Waals surface area contributed by atoms with Gasteiger partial charge in [0.1, 0.15) is 11.5 Å². The van der Waals surface area contributed by atoms with Gasteiger partial charge in [-0.2, -0.15) is 5.10 Å². The fourth-order valence-corrected chi connectivity index (χ4v) is 5.47. The topological polar surface area (TPSA) is 82.7 Å². The van der Waals surface area contributed by atoms with Gasteiger partial charge in [-0.3, -0.25) is 9.89 Å². The van der Waals surface area contributed by atoms with Crippen LogP contribution in [-0.2, 0) is 0 Å². The Bertz CT molecular complexity index is 1440. The third-order valence-corrected chi connectivity index (χ3v) is 7.70. The molecule has 4 aromatic rings. The lowest BCUT2D eigenvalue weighted by atomic mass is 10.0. The Morgan fingerprint density at radius 3 is 2.24 bits per heavy atom. The number of aromatic nitrogens is 2. The van der Waals surface area contributed by atoms with E-state index in [4.69, 9.17) is 32.7 Å². The highest BCUT2D eigenvalue weighted by molar-refractivity contribution is 6.41. The number of carbonyl (C=O) groups excluding carboxylic acids is 1. The number of nitrogens with zero attached hydrogens (tertiary/aromatic N) is 3. The van der Waals surface area contributed by atoms with Gasteiger partial charge in [-0.25, -0.2) is 0 Å². The molecule has 2 N–H and O–H groups in total. The maximum Gasteiger partial charge on any atom is 0.276 e. The van der Waals surface area contributed by atoms with Crippen LogP contribution in [0.1, 0.15) is 17.4 Å².